The van der Waals surface area contributed by atoms with Crippen molar-refractivity contribution in [3.63, 3.8) is 0 Å². The lowest BCUT2D eigenvalue weighted by Gasteiger charge is -2.36. The van der Waals surface area contributed by atoms with E-state index >= 15 is 4.39 Å². The van der Waals surface area contributed by atoms with E-state index in [1.54, 1.807) is 11.0 Å². The Labute approximate surface area is 231 Å². The number of likely N-dealkylation sites (tertiary alicyclic amines) is 1. The minimum atomic E-state index is -0.787. The van der Waals surface area contributed by atoms with Crippen LogP contribution in [0.3, 0.4) is 0 Å². The third-order valence-corrected chi connectivity index (χ3v) is 9.57. The molecular weight excluding hydrogens is 491 g/mol. The highest BCUT2D eigenvalue weighted by Gasteiger charge is 2.50. The normalized spacial score (nSPS) is 23.9. The number of hydrogen-bond acceptors (Lipinski definition) is 4. The lowest BCUT2D eigenvalue weighted by Crippen LogP contribution is -2.47. The molecule has 1 saturated carbocycles. The van der Waals surface area contributed by atoms with Gasteiger partial charge < -0.3 is 15.1 Å². The highest BCUT2D eigenvalue weighted by Crippen LogP contribution is 2.48. The zero-order valence-corrected chi connectivity index (χ0v) is 23.5. The molecule has 5 rings (SSSR count). The van der Waals surface area contributed by atoms with Crippen LogP contribution < -0.4 is 10.2 Å². The predicted molar refractivity (Wildman–Crippen MR) is 151 cm³/mol. The number of nitriles is 1. The minimum absolute atomic E-state index is 0.113. The number of nitrogens with zero attached hydrogens (tertiary/aromatic N) is 3. The van der Waals surface area contributed by atoms with Crippen molar-refractivity contribution >= 4 is 17.5 Å². The van der Waals surface area contributed by atoms with Crippen LogP contribution >= 0.6 is 0 Å². The highest BCUT2D eigenvalue weighted by atomic mass is 19.1. The first kappa shape index (κ1) is 27.3. The van der Waals surface area contributed by atoms with Gasteiger partial charge in [0, 0.05) is 25.1 Å². The maximum atomic E-state index is 15.3. The van der Waals surface area contributed by atoms with Crippen LogP contribution in [0.25, 0.3) is 11.1 Å². The van der Waals surface area contributed by atoms with E-state index in [4.69, 9.17) is 0 Å². The summed E-state index contributed by atoms with van der Waals surface area (Å²) >= 11 is 0. The van der Waals surface area contributed by atoms with E-state index < -0.39 is 17.3 Å². The fourth-order valence-corrected chi connectivity index (χ4v) is 6.88. The van der Waals surface area contributed by atoms with E-state index in [0.717, 1.165) is 67.6 Å². The zero-order valence-electron chi connectivity index (χ0n) is 23.5. The molecule has 39 heavy (non-hydrogen) atoms. The van der Waals surface area contributed by atoms with Gasteiger partial charge in [-0.3, -0.25) is 9.59 Å². The number of amides is 2. The molecule has 2 heterocycles. The minimum Gasteiger partial charge on any atom is -0.340 e. The molecule has 2 aromatic rings. The van der Waals surface area contributed by atoms with Crippen LogP contribution in [0.4, 0.5) is 10.1 Å². The van der Waals surface area contributed by atoms with Gasteiger partial charge in [-0.15, -0.1) is 0 Å². The number of likely N-dealkylation sites (N-methyl/N-ethyl adjacent to an activating group) is 1. The number of carbonyl (C=O) groups excluding carboxylic acids is 2. The Kier molecular flexibility index (Phi) is 7.52. The van der Waals surface area contributed by atoms with Gasteiger partial charge in [0.25, 0.3) is 0 Å². The molecule has 2 amide bonds. The molecular formula is C32H39FN4O2. The number of piperidine rings is 1. The largest absolute Gasteiger partial charge is 0.340 e. The lowest BCUT2D eigenvalue weighted by molar-refractivity contribution is -0.126. The second-order valence-electron chi connectivity index (χ2n) is 12.1. The SMILES string of the molecule is C[C@@H]1CC[C@H]([C@H](C)C(=O)N[C@H](C#N)Cc2ccc(-c3ccc4c(c3)C3(CCN(C)CC3)C(=O)N4C)cc2F)C1. The van der Waals surface area contributed by atoms with Gasteiger partial charge in [0.2, 0.25) is 11.8 Å². The molecule has 4 atom stereocenters. The Balaban J connectivity index is 1.32. The van der Waals surface area contributed by atoms with Gasteiger partial charge in [0.15, 0.2) is 0 Å². The summed E-state index contributed by atoms with van der Waals surface area (Å²) in [6.45, 7) is 5.87. The Morgan fingerprint density at radius 1 is 1.15 bits per heavy atom. The third kappa shape index (κ3) is 5.07. The molecule has 0 radical (unpaired) electrons. The van der Waals surface area contributed by atoms with Crippen LogP contribution in [0.2, 0.25) is 0 Å². The summed E-state index contributed by atoms with van der Waals surface area (Å²) in [5.74, 6) is 0.431. The maximum Gasteiger partial charge on any atom is 0.237 e. The Morgan fingerprint density at radius 3 is 2.49 bits per heavy atom. The average Bonchev–Trinajstić information content (AvgIpc) is 3.45. The summed E-state index contributed by atoms with van der Waals surface area (Å²) in [7, 11) is 3.92. The van der Waals surface area contributed by atoms with Gasteiger partial charge in [0.05, 0.1) is 11.5 Å². The van der Waals surface area contributed by atoms with Crippen LogP contribution in [-0.4, -0.2) is 49.9 Å². The van der Waals surface area contributed by atoms with E-state index in [0.29, 0.717) is 17.4 Å². The quantitative estimate of drug-likeness (QED) is 0.567. The Bertz CT molecular complexity index is 1310. The van der Waals surface area contributed by atoms with Crippen LogP contribution in [0.15, 0.2) is 36.4 Å². The van der Waals surface area contributed by atoms with Crippen molar-refractivity contribution < 1.29 is 14.0 Å². The molecule has 1 spiro atoms. The third-order valence-electron chi connectivity index (χ3n) is 9.57. The standard InChI is InChI=1S/C32H39FN4O2/c1-20-5-6-22(15-20)21(2)30(38)35-26(19-34)16-25-8-7-24(18-28(25)33)23-9-10-29-27(17-23)32(31(39)37(29)4)11-13-36(3)14-12-32/h7-10,17-18,20-22,26H,5-6,11-16H2,1-4H3,(H,35,38)/t20-,21+,22+,26+/m1/s1. The molecule has 2 aliphatic heterocycles. The van der Waals surface area contributed by atoms with E-state index in [2.05, 4.69) is 36.3 Å². The fourth-order valence-electron chi connectivity index (χ4n) is 6.88. The monoisotopic (exact) mass is 530 g/mol. The lowest BCUT2D eigenvalue weighted by atomic mass is 9.73. The topological polar surface area (TPSA) is 76.4 Å². The number of anilines is 1. The first-order valence-electron chi connectivity index (χ1n) is 14.2. The fraction of sp³-hybridized carbons (Fsp3) is 0.531. The molecule has 0 aromatic heterocycles. The van der Waals surface area contributed by atoms with Crippen molar-refractivity contribution in [1.82, 2.24) is 10.2 Å². The van der Waals surface area contributed by atoms with Crippen molar-refractivity contribution in [2.45, 2.75) is 63.8 Å². The van der Waals surface area contributed by atoms with Gasteiger partial charge in [-0.25, -0.2) is 4.39 Å². The van der Waals surface area contributed by atoms with Crippen molar-refractivity contribution in [2.75, 3.05) is 32.1 Å². The second kappa shape index (κ2) is 10.7. The van der Waals surface area contributed by atoms with Crippen molar-refractivity contribution in [3.05, 3.63) is 53.3 Å². The summed E-state index contributed by atoms with van der Waals surface area (Å²) in [6, 6.07) is 12.4. The van der Waals surface area contributed by atoms with Crippen LogP contribution in [0.1, 0.15) is 57.1 Å². The summed E-state index contributed by atoms with van der Waals surface area (Å²) < 4.78 is 15.3. The summed E-state index contributed by atoms with van der Waals surface area (Å²) in [5.41, 5.74) is 3.44. The van der Waals surface area contributed by atoms with Gasteiger partial charge in [-0.2, -0.15) is 5.26 Å². The Hall–Kier alpha value is -3.24. The van der Waals surface area contributed by atoms with Gasteiger partial charge in [-0.1, -0.05) is 38.5 Å². The molecule has 0 unspecified atom stereocenters. The first-order valence-corrected chi connectivity index (χ1v) is 14.2. The molecule has 2 fully saturated rings. The molecule has 206 valence electrons. The van der Waals surface area contributed by atoms with E-state index in [1.165, 1.54) is 6.07 Å². The summed E-state index contributed by atoms with van der Waals surface area (Å²) in [5, 5.41) is 12.5. The van der Waals surface area contributed by atoms with Crippen molar-refractivity contribution in [1.29, 1.82) is 5.26 Å². The molecule has 1 saturated heterocycles. The predicted octanol–water partition coefficient (Wildman–Crippen LogP) is 5.06. The number of nitrogens with one attached hydrogen (secondary N) is 1. The number of carbonyl (C=O) groups is 2. The molecule has 7 heteroatoms. The highest BCUT2D eigenvalue weighted by molar-refractivity contribution is 6.08. The van der Waals surface area contributed by atoms with Crippen LogP contribution in [0.5, 0.6) is 0 Å². The first-order chi connectivity index (χ1) is 18.6. The summed E-state index contributed by atoms with van der Waals surface area (Å²) in [4.78, 5) is 30.2. The van der Waals surface area contributed by atoms with Gasteiger partial charge in [-0.05, 0) is 98.1 Å². The van der Waals surface area contributed by atoms with E-state index in [-0.39, 0.29) is 24.2 Å². The number of benzene rings is 2. The number of fused-ring (bicyclic) bond motifs is 2. The number of halogens is 1. The zero-order chi connectivity index (χ0) is 27.9. The van der Waals surface area contributed by atoms with E-state index in [9.17, 15) is 14.9 Å². The summed E-state index contributed by atoms with van der Waals surface area (Å²) in [6.07, 6.45) is 4.87. The smallest absolute Gasteiger partial charge is 0.237 e. The van der Waals surface area contributed by atoms with Gasteiger partial charge in [0.1, 0.15) is 11.9 Å². The molecule has 1 aliphatic carbocycles. The molecule has 2 aromatic carbocycles. The van der Waals surface area contributed by atoms with E-state index in [1.807, 2.05) is 32.2 Å². The van der Waals surface area contributed by atoms with Gasteiger partial charge >= 0.3 is 0 Å². The van der Waals surface area contributed by atoms with Crippen LogP contribution in [-0.2, 0) is 21.4 Å². The van der Waals surface area contributed by atoms with Crippen molar-refractivity contribution in [2.24, 2.45) is 17.8 Å². The molecule has 1 N–H and O–H groups in total. The number of rotatable bonds is 6. The Morgan fingerprint density at radius 2 is 1.85 bits per heavy atom. The second-order valence-corrected chi connectivity index (χ2v) is 12.1. The average molecular weight is 531 g/mol. The van der Waals surface area contributed by atoms with Crippen LogP contribution in [0, 0.1) is 34.9 Å². The molecule has 3 aliphatic rings. The maximum absolute atomic E-state index is 15.3. The molecule has 0 bridgehead atoms. The number of hydrogen-bond donors (Lipinski definition) is 1. The molecule has 6 nitrogen and oxygen atoms in total. The van der Waals surface area contributed by atoms with Crippen molar-refractivity contribution in [3.8, 4) is 17.2 Å².